The van der Waals surface area contributed by atoms with Gasteiger partial charge in [0.2, 0.25) is 0 Å². The molecule has 3 heteroatoms. The summed E-state index contributed by atoms with van der Waals surface area (Å²) in [5.74, 6) is 0.681. The number of nitrogens with one attached hydrogen (secondary N) is 1. The molecule has 0 radical (unpaired) electrons. The van der Waals surface area contributed by atoms with Gasteiger partial charge >= 0.3 is 0 Å². The third-order valence-electron chi connectivity index (χ3n) is 3.46. The van der Waals surface area contributed by atoms with Crippen molar-refractivity contribution < 1.29 is 4.42 Å². The van der Waals surface area contributed by atoms with Gasteiger partial charge in [-0.05, 0) is 36.7 Å². The van der Waals surface area contributed by atoms with Crippen LogP contribution < -0.4 is 5.32 Å². The molecule has 114 valence electrons. The molecule has 0 aliphatic rings. The molecule has 21 heavy (non-hydrogen) atoms. The number of furan rings is 1. The zero-order chi connectivity index (χ0) is 15.1. The van der Waals surface area contributed by atoms with Crippen molar-refractivity contribution in [2.45, 2.75) is 33.5 Å². The van der Waals surface area contributed by atoms with Crippen LogP contribution in [-0.4, -0.2) is 18.5 Å². The van der Waals surface area contributed by atoms with Gasteiger partial charge in [-0.15, -0.1) is 0 Å². The third kappa shape index (κ3) is 5.37. The van der Waals surface area contributed by atoms with Gasteiger partial charge in [0.05, 0.1) is 12.5 Å². The van der Waals surface area contributed by atoms with Crippen molar-refractivity contribution in [1.29, 1.82) is 0 Å². The Hall–Kier alpha value is -1.58. The van der Waals surface area contributed by atoms with Crippen molar-refractivity contribution in [2.24, 2.45) is 5.92 Å². The van der Waals surface area contributed by atoms with Crippen molar-refractivity contribution in [3.63, 3.8) is 0 Å². The van der Waals surface area contributed by atoms with Gasteiger partial charge in [-0.1, -0.05) is 38.1 Å². The van der Waals surface area contributed by atoms with Crippen LogP contribution in [0.3, 0.4) is 0 Å². The minimum atomic E-state index is 0.681. The van der Waals surface area contributed by atoms with E-state index in [-0.39, 0.29) is 0 Å². The maximum Gasteiger partial charge on any atom is 0.0947 e. The summed E-state index contributed by atoms with van der Waals surface area (Å²) in [5.41, 5.74) is 3.99. The topological polar surface area (TPSA) is 28.4 Å². The quantitative estimate of drug-likeness (QED) is 0.803. The van der Waals surface area contributed by atoms with Crippen LogP contribution in [0, 0.1) is 5.92 Å². The summed E-state index contributed by atoms with van der Waals surface area (Å²) in [4.78, 5) is 2.31. The van der Waals surface area contributed by atoms with E-state index in [9.17, 15) is 0 Å². The van der Waals surface area contributed by atoms with Gasteiger partial charge in [0, 0.05) is 25.2 Å². The molecular weight excluding hydrogens is 260 g/mol. The van der Waals surface area contributed by atoms with E-state index in [4.69, 9.17) is 4.42 Å². The second-order valence-corrected chi connectivity index (χ2v) is 6.10. The number of nitrogens with zero attached hydrogens (tertiary/aromatic N) is 1. The molecule has 0 atom stereocenters. The molecule has 0 unspecified atom stereocenters. The largest absolute Gasteiger partial charge is 0.472 e. The molecule has 1 N–H and O–H groups in total. The van der Waals surface area contributed by atoms with Crippen LogP contribution in [0.15, 0.2) is 47.3 Å². The van der Waals surface area contributed by atoms with Crippen LogP contribution in [0.4, 0.5) is 0 Å². The normalized spacial score (nSPS) is 11.5. The highest BCUT2D eigenvalue weighted by molar-refractivity contribution is 5.27. The standard InChI is InChI=1S/C18H26N2O/c1-15(2)10-19-11-17-6-4-5-7-18(17)13-20(3)12-16-8-9-21-14-16/h4-9,14-15,19H,10-13H2,1-3H3. The highest BCUT2D eigenvalue weighted by atomic mass is 16.3. The van der Waals surface area contributed by atoms with Gasteiger partial charge in [-0.3, -0.25) is 4.90 Å². The maximum atomic E-state index is 5.13. The average Bonchev–Trinajstić information content (AvgIpc) is 2.93. The van der Waals surface area contributed by atoms with E-state index in [1.807, 2.05) is 12.3 Å². The molecule has 0 amide bonds. The molecule has 0 aliphatic carbocycles. The fourth-order valence-electron chi connectivity index (χ4n) is 2.42. The lowest BCUT2D eigenvalue weighted by molar-refractivity contribution is 0.316. The summed E-state index contributed by atoms with van der Waals surface area (Å²) in [6, 6.07) is 10.7. The predicted molar refractivity (Wildman–Crippen MR) is 86.9 cm³/mol. The number of benzene rings is 1. The summed E-state index contributed by atoms with van der Waals surface area (Å²) in [5, 5.41) is 3.53. The molecule has 1 aromatic heterocycles. The zero-order valence-corrected chi connectivity index (χ0v) is 13.3. The minimum Gasteiger partial charge on any atom is -0.472 e. The highest BCUT2D eigenvalue weighted by Crippen LogP contribution is 2.13. The minimum absolute atomic E-state index is 0.681. The first kappa shape index (κ1) is 15.8. The van der Waals surface area contributed by atoms with Crippen molar-refractivity contribution in [3.8, 4) is 0 Å². The lowest BCUT2D eigenvalue weighted by Crippen LogP contribution is -2.22. The number of hydrogen-bond acceptors (Lipinski definition) is 3. The summed E-state index contributed by atoms with van der Waals surface area (Å²) < 4.78 is 5.13. The molecule has 2 rings (SSSR count). The number of rotatable bonds is 8. The lowest BCUT2D eigenvalue weighted by atomic mass is 10.1. The molecule has 0 saturated carbocycles. The molecule has 3 nitrogen and oxygen atoms in total. The van der Waals surface area contributed by atoms with Gasteiger partial charge < -0.3 is 9.73 Å². The van der Waals surface area contributed by atoms with E-state index in [2.05, 4.69) is 55.4 Å². The number of hydrogen-bond donors (Lipinski definition) is 1. The van der Waals surface area contributed by atoms with Crippen molar-refractivity contribution in [2.75, 3.05) is 13.6 Å². The predicted octanol–water partition coefficient (Wildman–Crippen LogP) is 3.66. The third-order valence-corrected chi connectivity index (χ3v) is 3.46. The second-order valence-electron chi connectivity index (χ2n) is 6.10. The van der Waals surface area contributed by atoms with E-state index in [0.29, 0.717) is 5.92 Å². The zero-order valence-electron chi connectivity index (χ0n) is 13.3. The van der Waals surface area contributed by atoms with Gasteiger partial charge in [0.15, 0.2) is 0 Å². The van der Waals surface area contributed by atoms with Crippen LogP contribution in [-0.2, 0) is 19.6 Å². The maximum absolute atomic E-state index is 5.13. The summed E-state index contributed by atoms with van der Waals surface area (Å²) in [6.07, 6.45) is 3.54. The Kier molecular flexibility index (Phi) is 6.03. The van der Waals surface area contributed by atoms with Crippen molar-refractivity contribution in [3.05, 3.63) is 59.5 Å². The molecule has 1 aromatic carbocycles. The molecule has 0 fully saturated rings. The fraction of sp³-hybridized carbons (Fsp3) is 0.444. The first-order valence-corrected chi connectivity index (χ1v) is 7.62. The molecule has 2 aromatic rings. The smallest absolute Gasteiger partial charge is 0.0947 e. The molecular formula is C18H26N2O. The molecule has 0 spiro atoms. The summed E-state index contributed by atoms with van der Waals surface area (Å²) >= 11 is 0. The molecule has 0 bridgehead atoms. The van der Waals surface area contributed by atoms with Gasteiger partial charge in [-0.2, -0.15) is 0 Å². The Labute approximate surface area is 128 Å². The first-order valence-electron chi connectivity index (χ1n) is 7.62. The van der Waals surface area contributed by atoms with E-state index in [0.717, 1.165) is 26.2 Å². The Morgan fingerprint density at radius 1 is 1.10 bits per heavy atom. The monoisotopic (exact) mass is 286 g/mol. The summed E-state index contributed by atoms with van der Waals surface area (Å²) in [6.45, 7) is 8.32. The Balaban J connectivity index is 1.92. The lowest BCUT2D eigenvalue weighted by Gasteiger charge is -2.18. The molecule has 0 saturated heterocycles. The first-order chi connectivity index (χ1) is 10.1. The Morgan fingerprint density at radius 3 is 2.52 bits per heavy atom. The van der Waals surface area contributed by atoms with Crippen LogP contribution in [0.25, 0.3) is 0 Å². The van der Waals surface area contributed by atoms with E-state index in [1.165, 1.54) is 16.7 Å². The average molecular weight is 286 g/mol. The van der Waals surface area contributed by atoms with E-state index >= 15 is 0 Å². The van der Waals surface area contributed by atoms with Crippen molar-refractivity contribution >= 4 is 0 Å². The van der Waals surface area contributed by atoms with E-state index < -0.39 is 0 Å². The summed E-state index contributed by atoms with van der Waals surface area (Å²) in [7, 11) is 2.14. The van der Waals surface area contributed by atoms with Crippen LogP contribution in [0.2, 0.25) is 0 Å². The van der Waals surface area contributed by atoms with Gasteiger partial charge in [0.1, 0.15) is 0 Å². The van der Waals surface area contributed by atoms with Crippen molar-refractivity contribution in [1.82, 2.24) is 10.2 Å². The van der Waals surface area contributed by atoms with Gasteiger partial charge in [-0.25, -0.2) is 0 Å². The Morgan fingerprint density at radius 2 is 1.86 bits per heavy atom. The van der Waals surface area contributed by atoms with E-state index in [1.54, 1.807) is 6.26 Å². The van der Waals surface area contributed by atoms with Crippen LogP contribution >= 0.6 is 0 Å². The molecule has 0 aliphatic heterocycles. The SMILES string of the molecule is CC(C)CNCc1ccccc1CN(C)Cc1ccoc1. The highest BCUT2D eigenvalue weighted by Gasteiger charge is 2.07. The second kappa shape index (κ2) is 8.01. The Bertz CT molecular complexity index is 520. The van der Waals surface area contributed by atoms with Gasteiger partial charge in [0.25, 0.3) is 0 Å². The fourth-order valence-corrected chi connectivity index (χ4v) is 2.42. The van der Waals surface area contributed by atoms with Crippen LogP contribution in [0.5, 0.6) is 0 Å². The molecule has 1 heterocycles. The van der Waals surface area contributed by atoms with Crippen LogP contribution in [0.1, 0.15) is 30.5 Å².